The van der Waals surface area contributed by atoms with E-state index >= 15 is 0 Å². The Bertz CT molecular complexity index is 583. The monoisotopic (exact) mass is 296 g/mol. The number of anilines is 1. The number of aryl methyl sites for hydroxylation is 2. The van der Waals surface area contributed by atoms with Crippen molar-refractivity contribution in [2.24, 2.45) is 12.5 Å². The van der Waals surface area contributed by atoms with Crippen molar-refractivity contribution < 1.29 is 14.8 Å². The quantitative estimate of drug-likeness (QED) is 0.654. The minimum Gasteiger partial charge on any atom is -0.481 e. The summed E-state index contributed by atoms with van der Waals surface area (Å²) in [5, 5.41) is 24.9. The van der Waals surface area contributed by atoms with E-state index in [9.17, 15) is 20.0 Å². The van der Waals surface area contributed by atoms with E-state index in [1.807, 2.05) is 6.92 Å². The Morgan fingerprint density at radius 1 is 1.57 bits per heavy atom. The molecule has 0 amide bonds. The molecule has 0 bridgehead atoms. The van der Waals surface area contributed by atoms with Gasteiger partial charge in [-0.3, -0.25) is 14.9 Å². The predicted molar refractivity (Wildman–Crippen MR) is 76.4 cm³/mol. The molecule has 116 valence electrons. The van der Waals surface area contributed by atoms with Crippen molar-refractivity contribution in [2.45, 2.75) is 33.1 Å². The van der Waals surface area contributed by atoms with Crippen molar-refractivity contribution in [3.8, 4) is 0 Å². The van der Waals surface area contributed by atoms with Gasteiger partial charge in [-0.1, -0.05) is 13.3 Å². The lowest BCUT2D eigenvalue weighted by atomic mass is 9.90. The Kier molecular flexibility index (Phi) is 3.89. The van der Waals surface area contributed by atoms with Crippen LogP contribution in [0.3, 0.4) is 0 Å². The number of aromatic nitrogens is 2. The molecule has 1 aliphatic heterocycles. The van der Waals surface area contributed by atoms with Crippen LogP contribution in [0.25, 0.3) is 0 Å². The fraction of sp³-hybridized carbons (Fsp3) is 0.692. The first-order chi connectivity index (χ1) is 9.80. The molecule has 0 aromatic carbocycles. The average molecular weight is 296 g/mol. The molecule has 1 aliphatic rings. The van der Waals surface area contributed by atoms with Gasteiger partial charge in [0.25, 0.3) is 0 Å². The molecule has 21 heavy (non-hydrogen) atoms. The summed E-state index contributed by atoms with van der Waals surface area (Å²) in [6.07, 6.45) is 1.77. The highest BCUT2D eigenvalue weighted by molar-refractivity contribution is 5.77. The first kappa shape index (κ1) is 15.3. The van der Waals surface area contributed by atoms with E-state index in [1.165, 1.54) is 4.68 Å². The molecule has 1 aromatic heterocycles. The molecule has 1 N–H and O–H groups in total. The third-order valence-electron chi connectivity index (χ3n) is 4.02. The van der Waals surface area contributed by atoms with Gasteiger partial charge in [0.1, 0.15) is 5.69 Å². The maximum absolute atomic E-state index is 11.4. The second kappa shape index (κ2) is 5.34. The predicted octanol–water partition coefficient (Wildman–Crippen LogP) is 1.58. The lowest BCUT2D eigenvalue weighted by Crippen LogP contribution is -2.32. The second-order valence-electron chi connectivity index (χ2n) is 5.79. The number of carbonyl (C=O) groups is 1. The van der Waals surface area contributed by atoms with E-state index in [1.54, 1.807) is 18.9 Å². The van der Waals surface area contributed by atoms with Crippen LogP contribution in [0.1, 0.15) is 32.4 Å². The van der Waals surface area contributed by atoms with Crippen LogP contribution in [0.4, 0.5) is 11.5 Å². The van der Waals surface area contributed by atoms with Crippen LogP contribution in [0, 0.1) is 15.5 Å². The molecule has 1 atom stereocenters. The summed E-state index contributed by atoms with van der Waals surface area (Å²) in [5.41, 5.74) is -0.402. The Balaban J connectivity index is 2.41. The third kappa shape index (κ3) is 2.57. The standard InChI is InChI=1S/C13H20N4O4/c1-4-5-9-10(17(20)21)11(15(3)14-9)16-7-6-13(2,8-16)12(18)19/h4-8H2,1-3H3,(H,18,19). The zero-order chi connectivity index (χ0) is 15.8. The van der Waals surface area contributed by atoms with Crippen LogP contribution in [0.15, 0.2) is 0 Å². The Hall–Kier alpha value is -2.12. The van der Waals surface area contributed by atoms with Crippen molar-refractivity contribution in [3.05, 3.63) is 15.8 Å². The molecular weight excluding hydrogens is 276 g/mol. The van der Waals surface area contributed by atoms with Crippen LogP contribution >= 0.6 is 0 Å². The van der Waals surface area contributed by atoms with Crippen LogP contribution in [-0.4, -0.2) is 38.9 Å². The molecule has 2 rings (SSSR count). The highest BCUT2D eigenvalue weighted by Crippen LogP contribution is 2.39. The Morgan fingerprint density at radius 3 is 2.71 bits per heavy atom. The molecule has 1 fully saturated rings. The molecular formula is C13H20N4O4. The van der Waals surface area contributed by atoms with Crippen molar-refractivity contribution in [1.82, 2.24) is 9.78 Å². The van der Waals surface area contributed by atoms with Gasteiger partial charge in [-0.25, -0.2) is 4.68 Å². The largest absolute Gasteiger partial charge is 0.481 e. The van der Waals surface area contributed by atoms with Crippen molar-refractivity contribution in [2.75, 3.05) is 18.0 Å². The van der Waals surface area contributed by atoms with Gasteiger partial charge in [0.15, 0.2) is 0 Å². The van der Waals surface area contributed by atoms with Crippen LogP contribution in [-0.2, 0) is 18.3 Å². The summed E-state index contributed by atoms with van der Waals surface area (Å²) in [6, 6.07) is 0. The number of carboxylic acid groups (broad SMARTS) is 1. The molecule has 0 spiro atoms. The number of nitrogens with zero attached hydrogens (tertiary/aromatic N) is 4. The maximum Gasteiger partial charge on any atom is 0.334 e. The maximum atomic E-state index is 11.4. The summed E-state index contributed by atoms with van der Waals surface area (Å²) in [6.45, 7) is 4.35. The molecule has 0 saturated carbocycles. The SMILES string of the molecule is CCCc1nn(C)c(N2CCC(C)(C(=O)O)C2)c1[N+](=O)[O-]. The molecule has 2 heterocycles. The lowest BCUT2D eigenvalue weighted by Gasteiger charge is -2.20. The van der Waals surface area contributed by atoms with Crippen molar-refractivity contribution in [3.63, 3.8) is 0 Å². The summed E-state index contributed by atoms with van der Waals surface area (Å²) in [4.78, 5) is 24.1. The number of carboxylic acids is 1. The lowest BCUT2D eigenvalue weighted by molar-refractivity contribution is -0.384. The number of nitro groups is 1. The molecule has 8 heteroatoms. The van der Waals surface area contributed by atoms with Gasteiger partial charge in [0.05, 0.1) is 10.3 Å². The van der Waals surface area contributed by atoms with Gasteiger partial charge < -0.3 is 10.0 Å². The number of hydrogen-bond acceptors (Lipinski definition) is 5. The topological polar surface area (TPSA) is 102 Å². The van der Waals surface area contributed by atoms with E-state index in [0.717, 1.165) is 6.42 Å². The molecule has 0 aliphatic carbocycles. The van der Waals surface area contributed by atoms with Crippen LogP contribution in [0.5, 0.6) is 0 Å². The van der Waals surface area contributed by atoms with E-state index in [0.29, 0.717) is 30.9 Å². The molecule has 8 nitrogen and oxygen atoms in total. The number of aliphatic carboxylic acids is 1. The van der Waals surface area contributed by atoms with Gasteiger partial charge in [-0.15, -0.1) is 0 Å². The fourth-order valence-corrected chi connectivity index (χ4v) is 2.82. The minimum atomic E-state index is -0.872. The van der Waals surface area contributed by atoms with Crippen LogP contribution in [0.2, 0.25) is 0 Å². The summed E-state index contributed by atoms with van der Waals surface area (Å²) < 4.78 is 1.50. The Morgan fingerprint density at radius 2 is 2.24 bits per heavy atom. The molecule has 1 aromatic rings. The van der Waals surface area contributed by atoms with Gasteiger partial charge in [-0.05, 0) is 19.8 Å². The Labute approximate surface area is 122 Å². The number of hydrogen-bond donors (Lipinski definition) is 1. The second-order valence-corrected chi connectivity index (χ2v) is 5.79. The molecule has 0 radical (unpaired) electrons. The normalized spacial score (nSPS) is 21.8. The first-order valence-corrected chi connectivity index (χ1v) is 6.98. The van der Waals surface area contributed by atoms with Gasteiger partial charge in [-0.2, -0.15) is 5.10 Å². The van der Waals surface area contributed by atoms with Gasteiger partial charge >= 0.3 is 11.7 Å². The van der Waals surface area contributed by atoms with E-state index in [2.05, 4.69) is 5.10 Å². The summed E-state index contributed by atoms with van der Waals surface area (Å²) in [5.74, 6) is -0.461. The van der Waals surface area contributed by atoms with Crippen molar-refractivity contribution >= 4 is 17.5 Å². The fourth-order valence-electron chi connectivity index (χ4n) is 2.82. The zero-order valence-electron chi connectivity index (χ0n) is 12.5. The third-order valence-corrected chi connectivity index (χ3v) is 4.02. The average Bonchev–Trinajstić information content (AvgIpc) is 2.92. The zero-order valence-corrected chi connectivity index (χ0v) is 12.5. The minimum absolute atomic E-state index is 0.00832. The molecule has 1 saturated heterocycles. The highest BCUT2D eigenvalue weighted by Gasteiger charge is 2.43. The highest BCUT2D eigenvalue weighted by atomic mass is 16.6. The van der Waals surface area contributed by atoms with E-state index < -0.39 is 16.3 Å². The first-order valence-electron chi connectivity index (χ1n) is 6.98. The van der Waals surface area contributed by atoms with E-state index in [-0.39, 0.29) is 12.2 Å². The molecule has 1 unspecified atom stereocenters. The van der Waals surface area contributed by atoms with Crippen LogP contribution < -0.4 is 4.90 Å². The van der Waals surface area contributed by atoms with Gasteiger partial charge in [0.2, 0.25) is 5.82 Å². The number of rotatable bonds is 5. The summed E-state index contributed by atoms with van der Waals surface area (Å²) >= 11 is 0. The van der Waals surface area contributed by atoms with E-state index in [4.69, 9.17) is 0 Å². The summed E-state index contributed by atoms with van der Waals surface area (Å²) in [7, 11) is 1.66. The smallest absolute Gasteiger partial charge is 0.334 e. The van der Waals surface area contributed by atoms with Gasteiger partial charge in [0, 0.05) is 20.1 Å². The van der Waals surface area contributed by atoms with Crippen molar-refractivity contribution in [1.29, 1.82) is 0 Å².